The molecule has 4 aromatic heterocycles. The molecular weight excluding hydrogens is 1030 g/mol. The summed E-state index contributed by atoms with van der Waals surface area (Å²) < 4.78 is 0. The Balaban J connectivity index is 0.000000706. The summed E-state index contributed by atoms with van der Waals surface area (Å²) >= 11 is 1.14. The standard InChI is InChI=1S/C16H12N2.C16H11N2.C6H10.2CH3.3ClH.2Pt/c2*1-2-7-13(8-3-1)14-10-6-11-16(18-14)15-9-4-5-12-17-15;1-3-5-6-4-2;;;;;;;/h1-12H;1-7,9-12H;3-4H,1-2,5-6H2;2*1H3;3*1H;;/q;-1;;2*-1;;;;+2;+4/p-3. The van der Waals surface area contributed by atoms with Crippen LogP contribution in [0.5, 0.6) is 0 Å². The second kappa shape index (κ2) is 29.7. The average molecular weight is 1070 g/mol. The van der Waals surface area contributed by atoms with E-state index in [1.54, 1.807) is 31.2 Å². The van der Waals surface area contributed by atoms with Crippen molar-refractivity contribution in [1.82, 2.24) is 19.9 Å². The molecule has 0 saturated carbocycles. The van der Waals surface area contributed by atoms with Crippen molar-refractivity contribution in [1.29, 1.82) is 0 Å². The Morgan fingerprint density at radius 1 is 0.551 bits per heavy atom. The third-order valence-corrected chi connectivity index (χ3v) is 5.98. The summed E-state index contributed by atoms with van der Waals surface area (Å²) in [7, 11) is 14.4. The van der Waals surface area contributed by atoms with Gasteiger partial charge in [0.2, 0.25) is 0 Å². The predicted octanol–water partition coefficient (Wildman–Crippen LogP) is 12.5. The Bertz CT molecular complexity index is 1440. The number of allylic oxidation sites excluding steroid dienone is 2. The zero-order valence-electron chi connectivity index (χ0n) is 27.3. The SMILES string of the molecule is C=CCCC=C.[CH3-].[CH3-].[Cl][Pt+2][Cl].[Cl][Pt+].[c-]1ccccc1-c1cccc(-c2ccccn2)n1.c1ccc(-c2cccc(-c3ccccn3)n2)cc1. The molecule has 0 unspecified atom stereocenters. The summed E-state index contributed by atoms with van der Waals surface area (Å²) in [4.78, 5) is 17.9. The molecule has 6 aromatic rings. The number of rotatable bonds is 7. The quantitative estimate of drug-likeness (QED) is 0.0908. The second-order valence-corrected chi connectivity index (χ2v) is 12.4. The summed E-state index contributed by atoms with van der Waals surface area (Å²) in [6.07, 6.45) is 9.46. The van der Waals surface area contributed by atoms with E-state index in [-0.39, 0.29) is 14.9 Å². The van der Waals surface area contributed by atoms with Crippen molar-refractivity contribution in [3.05, 3.63) is 186 Å². The molecule has 49 heavy (non-hydrogen) atoms. The van der Waals surface area contributed by atoms with Gasteiger partial charge in [-0.2, -0.15) is 0 Å². The number of halogens is 3. The third kappa shape index (κ3) is 17.8. The van der Waals surface area contributed by atoms with E-state index < -0.39 is 16.5 Å². The zero-order chi connectivity index (χ0) is 34.0. The van der Waals surface area contributed by atoms with Gasteiger partial charge in [0, 0.05) is 18.0 Å². The van der Waals surface area contributed by atoms with Gasteiger partial charge in [-0.05, 0) is 61.0 Å². The predicted molar refractivity (Wildman–Crippen MR) is 205 cm³/mol. The Morgan fingerprint density at radius 3 is 1.43 bits per heavy atom. The van der Waals surface area contributed by atoms with Gasteiger partial charge in [0.25, 0.3) is 0 Å². The van der Waals surface area contributed by atoms with E-state index in [9.17, 15) is 0 Å². The van der Waals surface area contributed by atoms with E-state index in [0.717, 1.165) is 58.1 Å². The monoisotopic (exact) mass is 1070 g/mol. The molecule has 0 bridgehead atoms. The summed E-state index contributed by atoms with van der Waals surface area (Å²) in [5.74, 6) is 0. The van der Waals surface area contributed by atoms with Gasteiger partial charge in [0.1, 0.15) is 0 Å². The minimum Gasteiger partial charge on any atom is -0.295 e. The fourth-order valence-electron chi connectivity index (χ4n) is 3.89. The minimum atomic E-state index is -0.472. The van der Waals surface area contributed by atoms with E-state index >= 15 is 0 Å². The molecule has 0 aliphatic rings. The topological polar surface area (TPSA) is 51.6 Å². The van der Waals surface area contributed by atoms with Gasteiger partial charge in [0.05, 0.1) is 28.5 Å². The van der Waals surface area contributed by atoms with Gasteiger partial charge in [-0.1, -0.05) is 72.8 Å². The van der Waals surface area contributed by atoms with Gasteiger partial charge in [-0.15, -0.1) is 49.1 Å². The van der Waals surface area contributed by atoms with Crippen molar-refractivity contribution in [3.63, 3.8) is 0 Å². The molecule has 0 N–H and O–H groups in total. The summed E-state index contributed by atoms with van der Waals surface area (Å²) in [5.41, 5.74) is 7.57. The van der Waals surface area contributed by atoms with Gasteiger partial charge >= 0.3 is 63.5 Å². The maximum atomic E-state index is 4.88. The normalized spacial score (nSPS) is 9.00. The van der Waals surface area contributed by atoms with Crippen LogP contribution in [0.1, 0.15) is 12.8 Å². The second-order valence-electron chi connectivity index (χ2n) is 9.09. The molecule has 4 heterocycles. The van der Waals surface area contributed by atoms with Crippen LogP contribution in [0.2, 0.25) is 0 Å². The minimum absolute atomic E-state index is 0. The molecule has 0 aliphatic heterocycles. The van der Waals surface area contributed by atoms with Gasteiger partial charge in [-0.25, -0.2) is 4.98 Å². The van der Waals surface area contributed by atoms with Crippen molar-refractivity contribution in [2.24, 2.45) is 0 Å². The van der Waals surface area contributed by atoms with E-state index in [2.05, 4.69) is 60.7 Å². The number of hydrogen-bond acceptors (Lipinski definition) is 4. The maximum absolute atomic E-state index is 4.88. The van der Waals surface area contributed by atoms with Crippen LogP contribution in [-0.2, 0) is 35.3 Å². The van der Waals surface area contributed by atoms with E-state index in [1.165, 1.54) is 0 Å². The molecule has 4 nitrogen and oxygen atoms in total. The Kier molecular flexibility index (Phi) is 27.7. The van der Waals surface area contributed by atoms with Crippen LogP contribution in [0.3, 0.4) is 0 Å². The largest absolute Gasteiger partial charge is 0.295 e. The van der Waals surface area contributed by atoms with Gasteiger partial charge < -0.3 is 14.9 Å². The van der Waals surface area contributed by atoms with Crippen molar-refractivity contribution in [2.45, 2.75) is 12.8 Å². The maximum Gasteiger partial charge on any atom is 0.0893 e. The summed E-state index contributed by atoms with van der Waals surface area (Å²) in [6, 6.07) is 44.8. The molecule has 9 heteroatoms. The van der Waals surface area contributed by atoms with Crippen molar-refractivity contribution < 1.29 is 35.3 Å². The number of nitrogens with zero attached hydrogens (tertiary/aromatic N) is 4. The first kappa shape index (κ1) is 45.8. The van der Waals surface area contributed by atoms with Crippen LogP contribution in [0.25, 0.3) is 45.3 Å². The van der Waals surface area contributed by atoms with E-state index in [0.29, 0.717) is 0 Å². The van der Waals surface area contributed by atoms with Crippen LogP contribution >= 0.6 is 28.3 Å². The Hall–Kier alpha value is -3.23. The smallest absolute Gasteiger partial charge is 0.0893 e. The fraction of sp³-hybridized carbons (Fsp3) is 0.0500. The number of hydrogen-bond donors (Lipinski definition) is 0. The van der Waals surface area contributed by atoms with Crippen LogP contribution in [-0.4, -0.2) is 19.9 Å². The van der Waals surface area contributed by atoms with Crippen LogP contribution in [0, 0.1) is 20.9 Å². The van der Waals surface area contributed by atoms with Crippen LogP contribution < -0.4 is 0 Å². The molecule has 0 fully saturated rings. The summed E-state index contributed by atoms with van der Waals surface area (Å²) in [6.45, 7) is 7.10. The molecule has 260 valence electrons. The Labute approximate surface area is 325 Å². The molecular formula is C40H39Cl3N4Pt2. The van der Waals surface area contributed by atoms with Crippen molar-refractivity contribution in [3.8, 4) is 45.3 Å². The Morgan fingerprint density at radius 2 is 0.980 bits per heavy atom. The first-order valence-electron chi connectivity index (χ1n) is 14.2. The molecule has 0 amide bonds. The van der Waals surface area contributed by atoms with Crippen molar-refractivity contribution >= 4 is 28.3 Å². The molecule has 0 saturated heterocycles. The molecule has 2 aromatic carbocycles. The van der Waals surface area contributed by atoms with E-state index in [4.69, 9.17) is 18.8 Å². The van der Waals surface area contributed by atoms with Crippen LogP contribution in [0.4, 0.5) is 0 Å². The van der Waals surface area contributed by atoms with Gasteiger partial charge in [-0.3, -0.25) is 15.0 Å². The number of unbranched alkanes of at least 4 members (excludes halogenated alkanes) is 1. The molecule has 0 atom stereocenters. The third-order valence-electron chi connectivity index (χ3n) is 5.98. The molecule has 0 spiro atoms. The first-order chi connectivity index (χ1) is 23.2. The number of benzene rings is 2. The molecule has 0 aliphatic carbocycles. The van der Waals surface area contributed by atoms with E-state index in [1.807, 2.05) is 127 Å². The molecule has 6 rings (SSSR count). The van der Waals surface area contributed by atoms with Crippen LogP contribution in [0.15, 0.2) is 165 Å². The fourth-order valence-corrected chi connectivity index (χ4v) is 3.89. The average Bonchev–Trinajstić information content (AvgIpc) is 3.17. The zero-order valence-corrected chi connectivity index (χ0v) is 34.1. The molecule has 0 radical (unpaired) electrons. The first-order valence-corrected chi connectivity index (χ1v) is 22.6. The van der Waals surface area contributed by atoms with Crippen molar-refractivity contribution in [2.75, 3.05) is 0 Å². The van der Waals surface area contributed by atoms with Gasteiger partial charge in [0.15, 0.2) is 0 Å². The summed E-state index contributed by atoms with van der Waals surface area (Å²) in [5, 5.41) is 0. The number of aromatic nitrogens is 4. The number of pyridine rings is 4.